The van der Waals surface area contributed by atoms with Crippen molar-refractivity contribution in [2.45, 2.75) is 341 Å². The molecule has 70 heavy (non-hydrogen) atoms. The highest BCUT2D eigenvalue weighted by Crippen LogP contribution is 2.18. The molecule has 0 aliphatic rings. The molecule has 0 rings (SSSR count). The number of ether oxygens (including phenoxy) is 3. The van der Waals surface area contributed by atoms with Crippen molar-refractivity contribution in [2.75, 3.05) is 13.2 Å². The van der Waals surface area contributed by atoms with Crippen molar-refractivity contribution in [1.29, 1.82) is 0 Å². The summed E-state index contributed by atoms with van der Waals surface area (Å²) in [6.45, 7) is 6.56. The van der Waals surface area contributed by atoms with E-state index >= 15 is 0 Å². The molecule has 0 N–H and O–H groups in total. The normalized spacial score (nSPS) is 12.2. The van der Waals surface area contributed by atoms with Crippen LogP contribution in [0.1, 0.15) is 335 Å². The Balaban J connectivity index is 4.10. The van der Waals surface area contributed by atoms with Gasteiger partial charge in [0.2, 0.25) is 0 Å². The zero-order valence-electron chi connectivity index (χ0n) is 47.1. The molecule has 0 aliphatic carbocycles. The van der Waals surface area contributed by atoms with Gasteiger partial charge in [-0.1, -0.05) is 288 Å². The van der Waals surface area contributed by atoms with Crippen molar-refractivity contribution in [3.8, 4) is 0 Å². The summed E-state index contributed by atoms with van der Waals surface area (Å²) in [6, 6.07) is 0. The molecule has 0 aromatic carbocycles. The summed E-state index contributed by atoms with van der Waals surface area (Å²) in [4.78, 5) is 38.1. The summed E-state index contributed by atoms with van der Waals surface area (Å²) in [7, 11) is 0. The first-order chi connectivity index (χ1) is 34.5. The van der Waals surface area contributed by atoms with Crippen molar-refractivity contribution in [1.82, 2.24) is 0 Å². The predicted octanol–water partition coefficient (Wildman–Crippen LogP) is 20.8. The molecule has 0 heterocycles. The van der Waals surface area contributed by atoms with Crippen LogP contribution in [0.15, 0.2) is 36.5 Å². The fraction of sp³-hybridized carbons (Fsp3) is 0.859. The van der Waals surface area contributed by atoms with Crippen LogP contribution in [-0.2, 0) is 28.6 Å². The van der Waals surface area contributed by atoms with Crippen molar-refractivity contribution in [3.63, 3.8) is 0 Å². The third kappa shape index (κ3) is 56.5. The van der Waals surface area contributed by atoms with Crippen LogP contribution < -0.4 is 0 Å². The molecule has 410 valence electrons. The lowest BCUT2D eigenvalue weighted by Gasteiger charge is -2.18. The topological polar surface area (TPSA) is 78.9 Å². The van der Waals surface area contributed by atoms with Crippen molar-refractivity contribution in [2.24, 2.45) is 0 Å². The molecule has 0 aromatic rings. The third-order valence-electron chi connectivity index (χ3n) is 13.8. The summed E-state index contributed by atoms with van der Waals surface area (Å²) in [5, 5.41) is 0. The second-order valence-corrected chi connectivity index (χ2v) is 21.0. The van der Waals surface area contributed by atoms with E-state index in [1.807, 2.05) is 0 Å². The van der Waals surface area contributed by atoms with Gasteiger partial charge in [-0.15, -0.1) is 0 Å². The standard InChI is InChI=1S/C64H118O6/c1-4-7-10-13-16-19-22-24-25-26-27-28-29-30-31-32-33-34-35-36-37-38-40-42-45-48-51-54-57-63(66)69-60-61(59-68-62(65)56-53-50-47-44-41-21-18-15-12-9-6-3)70-64(67)58-55-52-49-46-43-39-23-20-17-14-11-8-5-2/h11,14-15,18,20,23,61H,4-10,12-13,16-17,19,21-22,24-60H2,1-3H3/b14-11-,18-15-,23-20-. The monoisotopic (exact) mass is 983 g/mol. The number of hydrogen-bond acceptors (Lipinski definition) is 6. The van der Waals surface area contributed by atoms with Gasteiger partial charge in [0.05, 0.1) is 0 Å². The van der Waals surface area contributed by atoms with Crippen LogP contribution in [-0.4, -0.2) is 37.2 Å². The van der Waals surface area contributed by atoms with E-state index in [1.54, 1.807) is 0 Å². The number of allylic oxidation sites excluding steroid dienone is 6. The smallest absolute Gasteiger partial charge is 0.306 e. The van der Waals surface area contributed by atoms with Gasteiger partial charge in [0, 0.05) is 19.3 Å². The van der Waals surface area contributed by atoms with Gasteiger partial charge in [-0.2, -0.15) is 0 Å². The van der Waals surface area contributed by atoms with E-state index in [9.17, 15) is 14.4 Å². The zero-order valence-corrected chi connectivity index (χ0v) is 47.1. The highest BCUT2D eigenvalue weighted by molar-refractivity contribution is 5.71. The molecular weight excluding hydrogens is 865 g/mol. The van der Waals surface area contributed by atoms with Crippen LogP contribution >= 0.6 is 0 Å². The fourth-order valence-corrected chi connectivity index (χ4v) is 9.17. The fourth-order valence-electron chi connectivity index (χ4n) is 9.17. The lowest BCUT2D eigenvalue weighted by molar-refractivity contribution is -0.167. The molecule has 0 bridgehead atoms. The minimum Gasteiger partial charge on any atom is -0.462 e. The van der Waals surface area contributed by atoms with Gasteiger partial charge in [-0.3, -0.25) is 14.4 Å². The van der Waals surface area contributed by atoms with E-state index in [0.717, 1.165) is 96.3 Å². The molecule has 6 heteroatoms. The molecule has 6 nitrogen and oxygen atoms in total. The summed E-state index contributed by atoms with van der Waals surface area (Å²) in [6.07, 6.45) is 71.7. The minimum atomic E-state index is -0.780. The maximum atomic E-state index is 12.8. The Morgan fingerprint density at radius 3 is 0.900 bits per heavy atom. The maximum absolute atomic E-state index is 12.8. The van der Waals surface area contributed by atoms with Gasteiger partial charge < -0.3 is 14.2 Å². The third-order valence-corrected chi connectivity index (χ3v) is 13.8. The second-order valence-electron chi connectivity index (χ2n) is 21.0. The molecule has 0 aromatic heterocycles. The number of carbonyl (C=O) groups excluding carboxylic acids is 3. The summed E-state index contributed by atoms with van der Waals surface area (Å²) >= 11 is 0. The second kappa shape index (κ2) is 59.2. The predicted molar refractivity (Wildman–Crippen MR) is 302 cm³/mol. The van der Waals surface area contributed by atoms with Crippen molar-refractivity contribution in [3.05, 3.63) is 36.5 Å². The summed E-state index contributed by atoms with van der Waals surface area (Å²) in [5.74, 6) is -0.886. The van der Waals surface area contributed by atoms with Gasteiger partial charge in [-0.25, -0.2) is 0 Å². The molecule has 0 radical (unpaired) electrons. The Hall–Kier alpha value is -2.37. The number of carbonyl (C=O) groups is 3. The SMILES string of the molecule is CCC/C=C\C/C=C\CCCCCCCC(=O)OC(COC(=O)CCCCCCC/C=C\CCCC)COC(=O)CCCCCCCCCCCCCCCCCCCCCCCCCCCCCC. The van der Waals surface area contributed by atoms with Crippen molar-refractivity contribution < 1.29 is 28.6 Å². The summed E-state index contributed by atoms with van der Waals surface area (Å²) in [5.41, 5.74) is 0. The molecule has 0 saturated heterocycles. The van der Waals surface area contributed by atoms with Gasteiger partial charge in [0.15, 0.2) is 6.10 Å². The quantitative estimate of drug-likeness (QED) is 0.0261. The highest BCUT2D eigenvalue weighted by Gasteiger charge is 2.19. The van der Waals surface area contributed by atoms with Gasteiger partial charge in [0.1, 0.15) is 13.2 Å². The lowest BCUT2D eigenvalue weighted by Crippen LogP contribution is -2.30. The van der Waals surface area contributed by atoms with Gasteiger partial charge >= 0.3 is 17.9 Å². The van der Waals surface area contributed by atoms with Gasteiger partial charge in [0.25, 0.3) is 0 Å². The minimum absolute atomic E-state index is 0.0772. The molecule has 1 unspecified atom stereocenters. The molecular formula is C64H118O6. The van der Waals surface area contributed by atoms with Crippen LogP contribution in [0, 0.1) is 0 Å². The number of esters is 3. The number of unbranched alkanes of at least 4 members (excludes halogenated alkanes) is 40. The molecule has 0 aliphatic heterocycles. The molecule has 0 fully saturated rings. The van der Waals surface area contributed by atoms with E-state index in [1.165, 1.54) is 199 Å². The molecule has 0 amide bonds. The number of hydrogen-bond donors (Lipinski definition) is 0. The van der Waals surface area contributed by atoms with E-state index < -0.39 is 6.10 Å². The van der Waals surface area contributed by atoms with E-state index in [0.29, 0.717) is 19.3 Å². The van der Waals surface area contributed by atoms with Gasteiger partial charge in [-0.05, 0) is 64.2 Å². The Kier molecular flexibility index (Phi) is 57.2. The largest absolute Gasteiger partial charge is 0.462 e. The Labute approximate surface area is 435 Å². The van der Waals surface area contributed by atoms with E-state index in [2.05, 4.69) is 57.2 Å². The first-order valence-electron chi connectivity index (χ1n) is 31.0. The highest BCUT2D eigenvalue weighted by atomic mass is 16.6. The summed E-state index contributed by atoms with van der Waals surface area (Å²) < 4.78 is 16.8. The average molecular weight is 984 g/mol. The van der Waals surface area contributed by atoms with Crippen molar-refractivity contribution >= 4 is 17.9 Å². The van der Waals surface area contributed by atoms with Crippen LogP contribution in [0.3, 0.4) is 0 Å². The van der Waals surface area contributed by atoms with Crippen LogP contribution in [0.2, 0.25) is 0 Å². The van der Waals surface area contributed by atoms with Crippen LogP contribution in [0.5, 0.6) is 0 Å². The average Bonchev–Trinajstić information content (AvgIpc) is 3.36. The Morgan fingerprint density at radius 1 is 0.286 bits per heavy atom. The molecule has 0 saturated carbocycles. The Morgan fingerprint density at radius 2 is 0.557 bits per heavy atom. The lowest BCUT2D eigenvalue weighted by atomic mass is 10.0. The zero-order chi connectivity index (χ0) is 50.7. The Bertz CT molecular complexity index is 1170. The maximum Gasteiger partial charge on any atom is 0.306 e. The van der Waals surface area contributed by atoms with E-state index in [-0.39, 0.29) is 31.1 Å². The molecule has 0 spiro atoms. The van der Waals surface area contributed by atoms with Crippen LogP contribution in [0.4, 0.5) is 0 Å². The molecule has 1 atom stereocenters. The number of rotatable bonds is 57. The van der Waals surface area contributed by atoms with Crippen LogP contribution in [0.25, 0.3) is 0 Å². The first kappa shape index (κ1) is 67.6. The first-order valence-corrected chi connectivity index (χ1v) is 31.0. The van der Waals surface area contributed by atoms with E-state index in [4.69, 9.17) is 14.2 Å².